The SMILES string of the molecule is Cc1cc(C)c(C)c(-c2nc(C(C)N)cs2)c1C. The summed E-state index contributed by atoms with van der Waals surface area (Å²) < 4.78 is 0. The number of hydrogen-bond donors (Lipinski definition) is 1. The lowest BCUT2D eigenvalue weighted by Gasteiger charge is -2.13. The molecule has 2 N–H and O–H groups in total. The first-order chi connectivity index (χ1) is 8.41. The van der Waals surface area contributed by atoms with E-state index in [0.717, 1.165) is 10.7 Å². The molecule has 18 heavy (non-hydrogen) atoms. The number of aryl methyl sites for hydroxylation is 2. The lowest BCUT2D eigenvalue weighted by Crippen LogP contribution is -2.05. The minimum atomic E-state index is 0.00141. The van der Waals surface area contributed by atoms with Gasteiger partial charge in [0, 0.05) is 17.0 Å². The molecule has 1 unspecified atom stereocenters. The fourth-order valence-electron chi connectivity index (χ4n) is 2.15. The van der Waals surface area contributed by atoms with Crippen molar-refractivity contribution in [2.75, 3.05) is 0 Å². The number of aromatic nitrogens is 1. The van der Waals surface area contributed by atoms with Crippen LogP contribution < -0.4 is 5.73 Å². The minimum Gasteiger partial charge on any atom is -0.323 e. The number of rotatable bonds is 2. The topological polar surface area (TPSA) is 38.9 Å². The van der Waals surface area contributed by atoms with Crippen LogP contribution in [0.1, 0.15) is 40.9 Å². The Morgan fingerprint density at radius 2 is 1.67 bits per heavy atom. The Bertz CT molecular complexity index is 556. The van der Waals surface area contributed by atoms with E-state index in [9.17, 15) is 0 Å². The van der Waals surface area contributed by atoms with E-state index in [-0.39, 0.29) is 6.04 Å². The first-order valence-corrected chi connectivity index (χ1v) is 7.08. The third-order valence-corrected chi connectivity index (χ3v) is 4.45. The van der Waals surface area contributed by atoms with Crippen molar-refractivity contribution in [1.29, 1.82) is 0 Å². The molecule has 2 aromatic rings. The van der Waals surface area contributed by atoms with Gasteiger partial charge in [0.25, 0.3) is 0 Å². The summed E-state index contributed by atoms with van der Waals surface area (Å²) in [5.41, 5.74) is 13.4. The lowest BCUT2D eigenvalue weighted by atomic mass is 9.94. The van der Waals surface area contributed by atoms with Crippen LogP contribution in [0.2, 0.25) is 0 Å². The maximum atomic E-state index is 5.89. The molecule has 1 aromatic carbocycles. The van der Waals surface area contributed by atoms with E-state index in [2.05, 4.69) is 44.1 Å². The van der Waals surface area contributed by atoms with Crippen molar-refractivity contribution in [3.63, 3.8) is 0 Å². The van der Waals surface area contributed by atoms with Crippen LogP contribution in [0.4, 0.5) is 0 Å². The molecule has 2 rings (SSSR count). The van der Waals surface area contributed by atoms with Crippen molar-refractivity contribution in [2.45, 2.75) is 40.7 Å². The largest absolute Gasteiger partial charge is 0.323 e. The van der Waals surface area contributed by atoms with Gasteiger partial charge in [-0.3, -0.25) is 0 Å². The van der Waals surface area contributed by atoms with Crippen LogP contribution in [-0.2, 0) is 0 Å². The molecule has 96 valence electrons. The quantitative estimate of drug-likeness (QED) is 0.884. The van der Waals surface area contributed by atoms with E-state index < -0.39 is 0 Å². The van der Waals surface area contributed by atoms with E-state index in [4.69, 9.17) is 5.73 Å². The predicted octanol–water partition coefficient (Wildman–Crippen LogP) is 4.06. The van der Waals surface area contributed by atoms with Crippen molar-refractivity contribution in [2.24, 2.45) is 5.73 Å². The lowest BCUT2D eigenvalue weighted by molar-refractivity contribution is 0.790. The summed E-state index contributed by atoms with van der Waals surface area (Å²) in [4.78, 5) is 4.68. The van der Waals surface area contributed by atoms with Gasteiger partial charge >= 0.3 is 0 Å². The van der Waals surface area contributed by atoms with Crippen LogP contribution in [0.5, 0.6) is 0 Å². The predicted molar refractivity (Wildman–Crippen MR) is 79.1 cm³/mol. The highest BCUT2D eigenvalue weighted by atomic mass is 32.1. The molecule has 0 amide bonds. The smallest absolute Gasteiger partial charge is 0.124 e. The summed E-state index contributed by atoms with van der Waals surface area (Å²) in [5.74, 6) is 0. The number of benzene rings is 1. The molecule has 1 heterocycles. The summed E-state index contributed by atoms with van der Waals surface area (Å²) >= 11 is 1.69. The van der Waals surface area contributed by atoms with Crippen LogP contribution in [0.25, 0.3) is 10.6 Å². The molecule has 0 radical (unpaired) electrons. The van der Waals surface area contributed by atoms with Gasteiger partial charge in [-0.25, -0.2) is 4.98 Å². The van der Waals surface area contributed by atoms with Crippen LogP contribution in [-0.4, -0.2) is 4.98 Å². The monoisotopic (exact) mass is 260 g/mol. The van der Waals surface area contributed by atoms with Gasteiger partial charge in [0.05, 0.1) is 5.69 Å². The molecule has 0 saturated heterocycles. The molecule has 0 saturated carbocycles. The van der Waals surface area contributed by atoms with Gasteiger partial charge in [-0.2, -0.15) is 0 Å². The fraction of sp³-hybridized carbons (Fsp3) is 0.400. The summed E-state index contributed by atoms with van der Waals surface area (Å²) in [5, 5.41) is 3.15. The Kier molecular flexibility index (Phi) is 3.55. The van der Waals surface area contributed by atoms with Gasteiger partial charge in [-0.1, -0.05) is 6.07 Å². The molecule has 1 atom stereocenters. The van der Waals surface area contributed by atoms with Crippen molar-refractivity contribution >= 4 is 11.3 Å². The van der Waals surface area contributed by atoms with E-state index in [1.807, 2.05) is 6.92 Å². The number of thiazole rings is 1. The summed E-state index contributed by atoms with van der Waals surface area (Å²) in [6.07, 6.45) is 0. The Balaban J connectivity index is 2.62. The van der Waals surface area contributed by atoms with Crippen LogP contribution in [0, 0.1) is 27.7 Å². The molecule has 0 aliphatic carbocycles. The number of nitrogens with two attached hydrogens (primary N) is 1. The third kappa shape index (κ3) is 2.20. The van der Waals surface area contributed by atoms with Crippen molar-refractivity contribution < 1.29 is 0 Å². The van der Waals surface area contributed by atoms with E-state index in [1.54, 1.807) is 11.3 Å². The zero-order chi connectivity index (χ0) is 13.4. The Morgan fingerprint density at radius 1 is 1.11 bits per heavy atom. The van der Waals surface area contributed by atoms with Gasteiger partial charge in [0.2, 0.25) is 0 Å². The second-order valence-corrected chi connectivity index (χ2v) is 5.86. The number of nitrogens with zero attached hydrogens (tertiary/aromatic N) is 1. The zero-order valence-electron chi connectivity index (χ0n) is 11.7. The normalized spacial score (nSPS) is 12.8. The second-order valence-electron chi connectivity index (χ2n) is 5.00. The molecule has 2 nitrogen and oxygen atoms in total. The van der Waals surface area contributed by atoms with Gasteiger partial charge in [-0.15, -0.1) is 11.3 Å². The molecule has 0 aliphatic heterocycles. The molecule has 0 fully saturated rings. The van der Waals surface area contributed by atoms with Crippen LogP contribution in [0.3, 0.4) is 0 Å². The van der Waals surface area contributed by atoms with Crippen LogP contribution in [0.15, 0.2) is 11.4 Å². The highest BCUT2D eigenvalue weighted by Crippen LogP contribution is 2.34. The van der Waals surface area contributed by atoms with Crippen LogP contribution >= 0.6 is 11.3 Å². The maximum absolute atomic E-state index is 5.89. The molecular weight excluding hydrogens is 240 g/mol. The van der Waals surface area contributed by atoms with Crippen molar-refractivity contribution in [1.82, 2.24) is 4.98 Å². The molecule has 0 spiro atoms. The standard InChI is InChI=1S/C15H20N2S/c1-8-6-9(2)11(4)14(10(8)3)15-17-13(7-18-15)12(5)16/h6-7,12H,16H2,1-5H3. The van der Waals surface area contributed by atoms with Gasteiger partial charge in [0.1, 0.15) is 5.01 Å². The molecule has 1 aromatic heterocycles. The Hall–Kier alpha value is -1.19. The summed E-state index contributed by atoms with van der Waals surface area (Å²) in [6, 6.07) is 2.25. The van der Waals surface area contributed by atoms with Gasteiger partial charge < -0.3 is 5.73 Å². The van der Waals surface area contributed by atoms with Crippen molar-refractivity contribution in [3.8, 4) is 10.6 Å². The fourth-order valence-corrected chi connectivity index (χ4v) is 3.23. The van der Waals surface area contributed by atoms with Gasteiger partial charge in [0.15, 0.2) is 0 Å². The van der Waals surface area contributed by atoms with Gasteiger partial charge in [-0.05, 0) is 56.9 Å². The van der Waals surface area contributed by atoms with E-state index in [1.165, 1.54) is 27.8 Å². The molecule has 0 aliphatic rings. The average Bonchev–Trinajstić information content (AvgIpc) is 2.76. The Morgan fingerprint density at radius 3 is 2.11 bits per heavy atom. The Labute approximate surface area is 113 Å². The molecular formula is C15H20N2S. The third-order valence-electron chi connectivity index (χ3n) is 3.57. The van der Waals surface area contributed by atoms with E-state index >= 15 is 0 Å². The summed E-state index contributed by atoms with van der Waals surface area (Å²) in [6.45, 7) is 10.6. The van der Waals surface area contributed by atoms with Crippen molar-refractivity contribution in [3.05, 3.63) is 39.4 Å². The van der Waals surface area contributed by atoms with E-state index in [0.29, 0.717) is 0 Å². The number of hydrogen-bond acceptors (Lipinski definition) is 3. The maximum Gasteiger partial charge on any atom is 0.124 e. The summed E-state index contributed by atoms with van der Waals surface area (Å²) in [7, 11) is 0. The first-order valence-electron chi connectivity index (χ1n) is 6.20. The minimum absolute atomic E-state index is 0.00141. The molecule has 3 heteroatoms. The zero-order valence-corrected chi connectivity index (χ0v) is 12.5. The highest BCUT2D eigenvalue weighted by Gasteiger charge is 2.14. The first kappa shape index (κ1) is 13.2. The average molecular weight is 260 g/mol. The molecule has 0 bridgehead atoms. The highest BCUT2D eigenvalue weighted by molar-refractivity contribution is 7.13. The second kappa shape index (κ2) is 4.82.